The monoisotopic (exact) mass is 293 g/mol. The quantitative estimate of drug-likeness (QED) is 0.647. The van der Waals surface area contributed by atoms with E-state index in [0.717, 1.165) is 12.8 Å². The lowest BCUT2D eigenvalue weighted by Gasteiger charge is -2.32. The lowest BCUT2D eigenvalue weighted by molar-refractivity contribution is -0.384. The number of hydrogen-bond acceptors (Lipinski definition) is 5. The van der Waals surface area contributed by atoms with E-state index in [2.05, 4.69) is 5.32 Å². The summed E-state index contributed by atoms with van der Waals surface area (Å²) in [6, 6.07) is 4.47. The van der Waals surface area contributed by atoms with Crippen LogP contribution in [0, 0.1) is 16.0 Å². The van der Waals surface area contributed by atoms with Crippen molar-refractivity contribution in [2.75, 3.05) is 32.1 Å². The number of anilines is 1. The maximum Gasteiger partial charge on any atom is 0.293 e. The minimum absolute atomic E-state index is 0.0532. The Morgan fingerprint density at radius 2 is 2.33 bits per heavy atom. The van der Waals surface area contributed by atoms with Crippen molar-refractivity contribution in [2.24, 2.45) is 5.92 Å². The number of nitro benzene ring substituents is 1. The van der Waals surface area contributed by atoms with E-state index in [0.29, 0.717) is 18.7 Å². The van der Waals surface area contributed by atoms with E-state index in [1.54, 1.807) is 18.0 Å². The number of carbonyl (C=O) groups is 1. The number of nitrogens with one attached hydrogen (secondary N) is 1. The fourth-order valence-electron chi connectivity index (χ4n) is 2.70. The topological polar surface area (TPSA) is 95.7 Å². The van der Waals surface area contributed by atoms with E-state index in [1.165, 1.54) is 12.1 Å². The van der Waals surface area contributed by atoms with Crippen LogP contribution in [-0.2, 0) is 0 Å². The Bertz CT molecular complexity index is 547. The molecule has 1 aliphatic rings. The summed E-state index contributed by atoms with van der Waals surface area (Å²) in [7, 11) is 1.56. The first-order valence-electron chi connectivity index (χ1n) is 6.93. The number of likely N-dealkylation sites (tertiary alicyclic amines) is 1. The van der Waals surface area contributed by atoms with Gasteiger partial charge in [-0.2, -0.15) is 0 Å². The molecule has 1 fully saturated rings. The Balaban J connectivity index is 2.30. The van der Waals surface area contributed by atoms with Gasteiger partial charge in [-0.15, -0.1) is 0 Å². The molecule has 21 heavy (non-hydrogen) atoms. The first kappa shape index (κ1) is 15.2. The number of rotatable bonds is 4. The summed E-state index contributed by atoms with van der Waals surface area (Å²) in [5.74, 6) is -0.152. The fourth-order valence-corrected chi connectivity index (χ4v) is 2.70. The van der Waals surface area contributed by atoms with Crippen LogP contribution < -0.4 is 5.32 Å². The molecule has 1 atom stereocenters. The van der Waals surface area contributed by atoms with Crippen molar-refractivity contribution in [1.29, 1.82) is 0 Å². The molecule has 1 heterocycles. The van der Waals surface area contributed by atoms with E-state index in [4.69, 9.17) is 0 Å². The molecule has 1 unspecified atom stereocenters. The molecule has 1 aromatic carbocycles. The first-order valence-corrected chi connectivity index (χ1v) is 6.93. The van der Waals surface area contributed by atoms with Gasteiger partial charge < -0.3 is 15.3 Å². The van der Waals surface area contributed by atoms with Crippen molar-refractivity contribution in [3.05, 3.63) is 33.9 Å². The lowest BCUT2D eigenvalue weighted by atomic mass is 9.98. The second-order valence-electron chi connectivity index (χ2n) is 5.15. The Morgan fingerprint density at radius 3 is 2.95 bits per heavy atom. The van der Waals surface area contributed by atoms with Gasteiger partial charge in [0.2, 0.25) is 0 Å². The molecule has 0 radical (unpaired) electrons. The van der Waals surface area contributed by atoms with Crippen molar-refractivity contribution in [3.63, 3.8) is 0 Å². The molecular formula is C14H19N3O4. The first-order chi connectivity index (χ1) is 10.1. The van der Waals surface area contributed by atoms with Gasteiger partial charge in [-0.3, -0.25) is 14.9 Å². The summed E-state index contributed by atoms with van der Waals surface area (Å²) in [4.78, 5) is 24.8. The number of hydrogen-bond donors (Lipinski definition) is 2. The molecule has 1 amide bonds. The second kappa shape index (κ2) is 6.53. The SMILES string of the molecule is CNc1c(C(=O)N2CCCC(CO)C2)cccc1[N+](=O)[O-]. The molecule has 1 aliphatic heterocycles. The number of nitro groups is 1. The van der Waals surface area contributed by atoms with E-state index >= 15 is 0 Å². The summed E-state index contributed by atoms with van der Waals surface area (Å²) >= 11 is 0. The Hall–Kier alpha value is -2.15. The summed E-state index contributed by atoms with van der Waals surface area (Å²) < 4.78 is 0. The van der Waals surface area contributed by atoms with E-state index < -0.39 is 4.92 Å². The fraction of sp³-hybridized carbons (Fsp3) is 0.500. The standard InChI is InChI=1S/C14H19N3O4/c1-15-13-11(5-2-6-12(13)17(20)21)14(19)16-7-3-4-10(8-16)9-18/h2,5-6,10,15,18H,3-4,7-9H2,1H3. The molecule has 1 saturated heterocycles. The molecule has 7 heteroatoms. The minimum Gasteiger partial charge on any atom is -0.396 e. The van der Waals surface area contributed by atoms with Gasteiger partial charge in [0.1, 0.15) is 5.69 Å². The number of amides is 1. The summed E-state index contributed by atoms with van der Waals surface area (Å²) in [5, 5.41) is 23.0. The highest BCUT2D eigenvalue weighted by Crippen LogP contribution is 2.29. The summed E-state index contributed by atoms with van der Waals surface area (Å²) in [6.45, 7) is 1.15. The van der Waals surface area contributed by atoms with Crippen LogP contribution in [-0.4, -0.2) is 47.6 Å². The number of piperidine rings is 1. The molecule has 0 saturated carbocycles. The number of aliphatic hydroxyl groups is 1. The molecule has 0 aliphatic carbocycles. The van der Waals surface area contributed by atoms with Crippen molar-refractivity contribution in [3.8, 4) is 0 Å². The van der Waals surface area contributed by atoms with Gasteiger partial charge in [0.25, 0.3) is 11.6 Å². The van der Waals surface area contributed by atoms with Crippen LogP contribution in [0.1, 0.15) is 23.2 Å². The largest absolute Gasteiger partial charge is 0.396 e. The van der Waals surface area contributed by atoms with E-state index in [-0.39, 0.29) is 29.8 Å². The molecule has 0 aromatic heterocycles. The maximum atomic E-state index is 12.6. The van der Waals surface area contributed by atoms with Crippen LogP contribution >= 0.6 is 0 Å². The van der Waals surface area contributed by atoms with Gasteiger partial charge in [-0.1, -0.05) is 6.07 Å². The molecule has 1 aromatic rings. The summed E-state index contributed by atoms with van der Waals surface area (Å²) in [5.41, 5.74) is 0.419. The van der Waals surface area contributed by atoms with Crippen molar-refractivity contribution >= 4 is 17.3 Å². The summed E-state index contributed by atoms with van der Waals surface area (Å²) in [6.07, 6.45) is 1.73. The van der Waals surface area contributed by atoms with Crippen molar-refractivity contribution < 1.29 is 14.8 Å². The maximum absolute atomic E-state index is 12.6. The number of carbonyl (C=O) groups excluding carboxylic acids is 1. The number of nitrogens with zero attached hydrogens (tertiary/aromatic N) is 2. The molecule has 114 valence electrons. The lowest BCUT2D eigenvalue weighted by Crippen LogP contribution is -2.41. The third-order valence-corrected chi connectivity index (χ3v) is 3.78. The van der Waals surface area contributed by atoms with Gasteiger partial charge in [0, 0.05) is 32.8 Å². The highest BCUT2D eigenvalue weighted by molar-refractivity contribution is 6.01. The predicted molar refractivity (Wildman–Crippen MR) is 78.4 cm³/mol. The van der Waals surface area contributed by atoms with Crippen LogP contribution in [0.2, 0.25) is 0 Å². The molecule has 7 nitrogen and oxygen atoms in total. The highest BCUT2D eigenvalue weighted by atomic mass is 16.6. The minimum atomic E-state index is -0.505. The van der Waals surface area contributed by atoms with Gasteiger partial charge >= 0.3 is 0 Å². The number of para-hydroxylation sites is 1. The Kier molecular flexibility index (Phi) is 4.74. The third kappa shape index (κ3) is 3.13. The Morgan fingerprint density at radius 1 is 1.57 bits per heavy atom. The predicted octanol–water partition coefficient (Wildman–Crippen LogP) is 1.48. The molecule has 0 spiro atoms. The molecule has 0 bridgehead atoms. The zero-order chi connectivity index (χ0) is 15.4. The zero-order valence-corrected chi connectivity index (χ0v) is 11.9. The van der Waals surface area contributed by atoms with Crippen molar-refractivity contribution in [2.45, 2.75) is 12.8 Å². The average molecular weight is 293 g/mol. The normalized spacial score (nSPS) is 18.4. The molecular weight excluding hydrogens is 274 g/mol. The molecule has 2 rings (SSSR count). The van der Waals surface area contributed by atoms with Crippen molar-refractivity contribution in [1.82, 2.24) is 4.90 Å². The second-order valence-corrected chi connectivity index (χ2v) is 5.15. The van der Waals surface area contributed by atoms with Gasteiger partial charge in [-0.05, 0) is 24.8 Å². The van der Waals surface area contributed by atoms with Crippen LogP contribution in [0.5, 0.6) is 0 Å². The van der Waals surface area contributed by atoms with Gasteiger partial charge in [0.05, 0.1) is 10.5 Å². The van der Waals surface area contributed by atoms with E-state index in [9.17, 15) is 20.0 Å². The van der Waals surface area contributed by atoms with Crippen LogP contribution in [0.15, 0.2) is 18.2 Å². The average Bonchev–Trinajstić information content (AvgIpc) is 2.53. The highest BCUT2D eigenvalue weighted by Gasteiger charge is 2.28. The van der Waals surface area contributed by atoms with Gasteiger partial charge in [0.15, 0.2) is 0 Å². The van der Waals surface area contributed by atoms with Crippen LogP contribution in [0.4, 0.5) is 11.4 Å². The number of benzene rings is 1. The van der Waals surface area contributed by atoms with Crippen LogP contribution in [0.25, 0.3) is 0 Å². The zero-order valence-electron chi connectivity index (χ0n) is 11.9. The third-order valence-electron chi connectivity index (χ3n) is 3.78. The smallest absolute Gasteiger partial charge is 0.293 e. The van der Waals surface area contributed by atoms with Crippen LogP contribution in [0.3, 0.4) is 0 Å². The van der Waals surface area contributed by atoms with E-state index in [1.807, 2.05) is 0 Å². The molecule has 2 N–H and O–H groups in total. The van der Waals surface area contributed by atoms with Gasteiger partial charge in [-0.25, -0.2) is 0 Å². The number of aliphatic hydroxyl groups excluding tert-OH is 1. The Labute approximate surface area is 122 Å².